The number of nitrogens with two attached hydrogens (primary N) is 2. The Bertz CT molecular complexity index is 828. The van der Waals surface area contributed by atoms with Crippen molar-refractivity contribution >= 4 is 33.5 Å². The van der Waals surface area contributed by atoms with E-state index in [9.17, 15) is 0 Å². The molecule has 0 aliphatic heterocycles. The van der Waals surface area contributed by atoms with Crippen LogP contribution in [0.1, 0.15) is 11.1 Å². The van der Waals surface area contributed by atoms with E-state index in [1.54, 1.807) is 0 Å². The maximum absolute atomic E-state index is 7.49. The predicted molar refractivity (Wildman–Crippen MR) is 77.8 cm³/mol. The van der Waals surface area contributed by atoms with Gasteiger partial charge in [-0.25, -0.2) is 0 Å². The molecule has 0 aliphatic rings. The number of hydrogen-bond acceptors (Lipinski definition) is 2. The van der Waals surface area contributed by atoms with E-state index >= 15 is 0 Å². The lowest BCUT2D eigenvalue weighted by atomic mass is 10.1. The van der Waals surface area contributed by atoms with Crippen molar-refractivity contribution in [3.05, 3.63) is 47.5 Å². The van der Waals surface area contributed by atoms with Crippen LogP contribution in [0.15, 0.2) is 36.4 Å². The Labute approximate surface area is 109 Å². The fourth-order valence-electron chi connectivity index (χ4n) is 2.24. The van der Waals surface area contributed by atoms with E-state index in [1.807, 2.05) is 36.4 Å². The van der Waals surface area contributed by atoms with E-state index in [0.29, 0.717) is 11.1 Å². The van der Waals surface area contributed by atoms with Crippen molar-refractivity contribution in [1.29, 1.82) is 10.8 Å². The van der Waals surface area contributed by atoms with Crippen LogP contribution in [0.4, 0.5) is 0 Å². The minimum absolute atomic E-state index is 0.0463. The molecule has 0 radical (unpaired) electrons. The highest BCUT2D eigenvalue weighted by molar-refractivity contribution is 6.11. The number of aromatic nitrogens is 1. The van der Waals surface area contributed by atoms with Crippen LogP contribution in [0.2, 0.25) is 0 Å². The Balaban J connectivity index is 2.33. The van der Waals surface area contributed by atoms with Gasteiger partial charge < -0.3 is 16.5 Å². The Hall–Kier alpha value is -2.82. The molecule has 5 heteroatoms. The van der Waals surface area contributed by atoms with Gasteiger partial charge in [-0.05, 0) is 24.3 Å². The van der Waals surface area contributed by atoms with Crippen LogP contribution in [-0.4, -0.2) is 16.7 Å². The third-order valence-electron chi connectivity index (χ3n) is 3.22. The van der Waals surface area contributed by atoms with Gasteiger partial charge >= 0.3 is 0 Å². The molecule has 0 atom stereocenters. The van der Waals surface area contributed by atoms with E-state index in [-0.39, 0.29) is 11.7 Å². The maximum atomic E-state index is 7.49. The van der Waals surface area contributed by atoms with Crippen molar-refractivity contribution in [3.8, 4) is 0 Å². The van der Waals surface area contributed by atoms with E-state index in [4.69, 9.17) is 22.3 Å². The number of fused-ring (bicyclic) bond motifs is 3. The molecule has 19 heavy (non-hydrogen) atoms. The molecule has 94 valence electrons. The molecule has 7 N–H and O–H groups in total. The lowest BCUT2D eigenvalue weighted by molar-refractivity contribution is 1.42. The number of rotatable bonds is 2. The number of nitrogens with one attached hydrogen (secondary N) is 3. The largest absolute Gasteiger partial charge is 0.384 e. The SMILES string of the molecule is N=C(N)c1ccc2c(c1)[nH]c1ccc(C(=N)N)cc12. The molecule has 0 unspecified atom stereocenters. The fourth-order valence-corrected chi connectivity index (χ4v) is 2.24. The standard InChI is InChI=1S/C14H13N5/c15-13(16)7-2-4-11-10(5-7)9-3-1-8(14(17)18)6-12(9)19-11/h1-6,19H,(H3,15,16)(H3,17,18). The second kappa shape index (κ2) is 3.84. The zero-order chi connectivity index (χ0) is 13.6. The molecule has 0 amide bonds. The summed E-state index contributed by atoms with van der Waals surface area (Å²) in [6.07, 6.45) is 0. The summed E-state index contributed by atoms with van der Waals surface area (Å²) in [5.74, 6) is 0.0987. The third kappa shape index (κ3) is 1.72. The molecule has 0 fully saturated rings. The molecule has 3 rings (SSSR count). The van der Waals surface area contributed by atoms with E-state index < -0.39 is 0 Å². The molecule has 0 spiro atoms. The van der Waals surface area contributed by atoms with Gasteiger partial charge in [0.2, 0.25) is 0 Å². The van der Waals surface area contributed by atoms with Crippen molar-refractivity contribution in [2.75, 3.05) is 0 Å². The van der Waals surface area contributed by atoms with Gasteiger partial charge in [-0.1, -0.05) is 12.1 Å². The van der Waals surface area contributed by atoms with Crippen molar-refractivity contribution in [1.82, 2.24) is 4.98 Å². The molecule has 2 aromatic carbocycles. The maximum Gasteiger partial charge on any atom is 0.122 e. The summed E-state index contributed by atoms with van der Waals surface area (Å²) in [6.45, 7) is 0. The minimum atomic E-state index is 0.0463. The highest BCUT2D eigenvalue weighted by Gasteiger charge is 2.07. The first-order chi connectivity index (χ1) is 9.06. The molecule has 5 nitrogen and oxygen atoms in total. The van der Waals surface area contributed by atoms with E-state index in [1.165, 1.54) is 0 Å². The molecule has 3 aromatic rings. The fraction of sp³-hybridized carbons (Fsp3) is 0. The first kappa shape index (κ1) is 11.3. The van der Waals surface area contributed by atoms with Crippen LogP contribution in [0.3, 0.4) is 0 Å². The number of aromatic amines is 1. The average Bonchev–Trinajstić information content (AvgIpc) is 2.74. The quantitative estimate of drug-likeness (QED) is 0.353. The summed E-state index contributed by atoms with van der Waals surface area (Å²) in [6, 6.07) is 11.2. The lowest BCUT2D eigenvalue weighted by Gasteiger charge is -1.99. The number of benzene rings is 2. The predicted octanol–water partition coefficient (Wildman–Crippen LogP) is 1.89. The molecule has 0 aliphatic carbocycles. The van der Waals surface area contributed by atoms with Gasteiger partial charge in [-0.3, -0.25) is 10.8 Å². The molecule has 1 aromatic heterocycles. The van der Waals surface area contributed by atoms with E-state index in [0.717, 1.165) is 21.8 Å². The summed E-state index contributed by atoms with van der Waals surface area (Å²) in [4.78, 5) is 3.28. The molecular weight excluding hydrogens is 238 g/mol. The highest BCUT2D eigenvalue weighted by Crippen LogP contribution is 2.26. The van der Waals surface area contributed by atoms with Crippen LogP contribution >= 0.6 is 0 Å². The summed E-state index contributed by atoms with van der Waals surface area (Å²) in [5, 5.41) is 17.0. The molecule has 0 saturated carbocycles. The summed E-state index contributed by atoms with van der Waals surface area (Å²) in [5.41, 5.74) is 14.3. The van der Waals surface area contributed by atoms with Crippen LogP contribution in [0.25, 0.3) is 21.8 Å². The van der Waals surface area contributed by atoms with Gasteiger partial charge in [0, 0.05) is 32.9 Å². The van der Waals surface area contributed by atoms with Crippen LogP contribution in [0.5, 0.6) is 0 Å². The van der Waals surface area contributed by atoms with Gasteiger partial charge in [0.1, 0.15) is 11.7 Å². The summed E-state index contributed by atoms with van der Waals surface area (Å²) < 4.78 is 0. The van der Waals surface area contributed by atoms with E-state index in [2.05, 4.69) is 4.98 Å². The number of hydrogen-bond donors (Lipinski definition) is 5. The second-order valence-corrected chi connectivity index (χ2v) is 4.47. The lowest BCUT2D eigenvalue weighted by Crippen LogP contribution is -2.10. The smallest absolute Gasteiger partial charge is 0.122 e. The van der Waals surface area contributed by atoms with Gasteiger partial charge in [0.25, 0.3) is 0 Å². The van der Waals surface area contributed by atoms with Crippen LogP contribution in [-0.2, 0) is 0 Å². The van der Waals surface area contributed by atoms with Gasteiger partial charge in [-0.15, -0.1) is 0 Å². The third-order valence-corrected chi connectivity index (χ3v) is 3.22. The second-order valence-electron chi connectivity index (χ2n) is 4.47. The number of amidine groups is 2. The zero-order valence-corrected chi connectivity index (χ0v) is 10.1. The molecule has 1 heterocycles. The van der Waals surface area contributed by atoms with Crippen LogP contribution < -0.4 is 11.5 Å². The first-order valence-corrected chi connectivity index (χ1v) is 5.80. The van der Waals surface area contributed by atoms with Crippen molar-refractivity contribution in [2.24, 2.45) is 11.5 Å². The average molecular weight is 251 g/mol. The Kier molecular flexibility index (Phi) is 2.28. The number of nitrogen functional groups attached to an aromatic ring is 2. The van der Waals surface area contributed by atoms with Crippen molar-refractivity contribution in [2.45, 2.75) is 0 Å². The Morgan fingerprint density at radius 2 is 1.42 bits per heavy atom. The molecule has 0 bridgehead atoms. The first-order valence-electron chi connectivity index (χ1n) is 5.80. The molecular formula is C14H13N5. The summed E-state index contributed by atoms with van der Waals surface area (Å²) >= 11 is 0. The van der Waals surface area contributed by atoms with Crippen LogP contribution in [0, 0.1) is 10.8 Å². The summed E-state index contributed by atoms with van der Waals surface area (Å²) in [7, 11) is 0. The van der Waals surface area contributed by atoms with Crippen molar-refractivity contribution < 1.29 is 0 Å². The Morgan fingerprint density at radius 1 is 0.789 bits per heavy atom. The van der Waals surface area contributed by atoms with Gasteiger partial charge in [-0.2, -0.15) is 0 Å². The normalized spacial score (nSPS) is 10.9. The highest BCUT2D eigenvalue weighted by atomic mass is 14.7. The minimum Gasteiger partial charge on any atom is -0.384 e. The Morgan fingerprint density at radius 3 is 2.11 bits per heavy atom. The monoisotopic (exact) mass is 251 g/mol. The van der Waals surface area contributed by atoms with Gasteiger partial charge in [0.05, 0.1) is 0 Å². The van der Waals surface area contributed by atoms with Crippen molar-refractivity contribution in [3.63, 3.8) is 0 Å². The topological polar surface area (TPSA) is 116 Å². The number of H-pyrrole nitrogens is 1. The van der Waals surface area contributed by atoms with Gasteiger partial charge in [0.15, 0.2) is 0 Å². The molecule has 0 saturated heterocycles. The zero-order valence-electron chi connectivity index (χ0n) is 10.1.